The molecule has 0 aromatic heterocycles. The van der Waals surface area contributed by atoms with Gasteiger partial charge in [0.05, 0.1) is 0 Å². The molecule has 0 amide bonds. The van der Waals surface area contributed by atoms with Gasteiger partial charge in [-0.15, -0.1) is 0 Å². The topological polar surface area (TPSA) is 12.0 Å². The van der Waals surface area contributed by atoms with Crippen molar-refractivity contribution in [3.63, 3.8) is 0 Å². The quantitative estimate of drug-likeness (QED) is 0.834. The zero-order valence-corrected chi connectivity index (χ0v) is 11.7. The minimum atomic E-state index is -0.130. The van der Waals surface area contributed by atoms with Crippen LogP contribution in [-0.2, 0) is 0 Å². The van der Waals surface area contributed by atoms with Gasteiger partial charge in [0.1, 0.15) is 5.82 Å². The zero-order chi connectivity index (χ0) is 13.9. The van der Waals surface area contributed by atoms with E-state index in [1.807, 2.05) is 25.1 Å². The van der Waals surface area contributed by atoms with Crippen molar-refractivity contribution in [1.82, 2.24) is 5.32 Å². The Hall–Kier alpha value is -1.67. The Kier molecular flexibility index (Phi) is 3.83. The summed E-state index contributed by atoms with van der Waals surface area (Å²) in [6.45, 7) is 2.04. The smallest absolute Gasteiger partial charge is 0.127 e. The fourth-order valence-corrected chi connectivity index (χ4v) is 2.78. The van der Waals surface area contributed by atoms with Gasteiger partial charge in [-0.3, -0.25) is 0 Å². The highest BCUT2D eigenvalue weighted by Crippen LogP contribution is 2.42. The third kappa shape index (κ3) is 2.91. The number of hydrogen-bond acceptors (Lipinski definition) is 1. The molecule has 1 fully saturated rings. The average molecular weight is 269 g/mol. The number of halogens is 1. The Morgan fingerprint density at radius 3 is 2.30 bits per heavy atom. The maximum atomic E-state index is 13.9. The van der Waals surface area contributed by atoms with Crippen molar-refractivity contribution in [2.45, 2.75) is 31.8 Å². The van der Waals surface area contributed by atoms with Crippen molar-refractivity contribution in [3.05, 3.63) is 71.5 Å². The normalized spacial score (nSPS) is 17.7. The van der Waals surface area contributed by atoms with E-state index in [1.54, 1.807) is 6.07 Å². The van der Waals surface area contributed by atoms with Crippen LogP contribution in [-0.4, -0.2) is 0 Å². The molecule has 0 radical (unpaired) electrons. The van der Waals surface area contributed by atoms with Crippen LogP contribution in [0.15, 0.2) is 54.6 Å². The third-order valence-corrected chi connectivity index (χ3v) is 4.05. The van der Waals surface area contributed by atoms with Gasteiger partial charge in [-0.05, 0) is 37.3 Å². The van der Waals surface area contributed by atoms with Crippen LogP contribution < -0.4 is 5.32 Å². The average Bonchev–Trinajstić information content (AvgIpc) is 3.30. The van der Waals surface area contributed by atoms with E-state index < -0.39 is 0 Å². The minimum Gasteiger partial charge on any atom is -0.303 e. The van der Waals surface area contributed by atoms with Gasteiger partial charge in [-0.2, -0.15) is 0 Å². The Balaban J connectivity index is 1.79. The summed E-state index contributed by atoms with van der Waals surface area (Å²) in [6, 6.07) is 17.9. The fraction of sp³-hybridized carbons (Fsp3) is 0.333. The van der Waals surface area contributed by atoms with Crippen molar-refractivity contribution in [3.8, 4) is 0 Å². The van der Waals surface area contributed by atoms with Crippen LogP contribution in [0, 0.1) is 11.7 Å². The summed E-state index contributed by atoms with van der Waals surface area (Å²) >= 11 is 0. The molecule has 2 heteroatoms. The predicted molar refractivity (Wildman–Crippen MR) is 79.9 cm³/mol. The molecule has 1 unspecified atom stereocenters. The van der Waals surface area contributed by atoms with Crippen molar-refractivity contribution < 1.29 is 4.39 Å². The van der Waals surface area contributed by atoms with Gasteiger partial charge in [0.15, 0.2) is 0 Å². The second-order valence-electron chi connectivity index (χ2n) is 5.64. The fourth-order valence-electron chi connectivity index (χ4n) is 2.78. The molecule has 2 atom stereocenters. The van der Waals surface area contributed by atoms with Crippen molar-refractivity contribution in [1.29, 1.82) is 0 Å². The van der Waals surface area contributed by atoms with Crippen LogP contribution >= 0.6 is 0 Å². The maximum absolute atomic E-state index is 13.9. The van der Waals surface area contributed by atoms with Gasteiger partial charge in [-0.1, -0.05) is 48.5 Å². The van der Waals surface area contributed by atoms with E-state index in [1.165, 1.54) is 24.5 Å². The van der Waals surface area contributed by atoms with E-state index in [4.69, 9.17) is 0 Å². The molecule has 20 heavy (non-hydrogen) atoms. The van der Waals surface area contributed by atoms with Crippen molar-refractivity contribution in [2.75, 3.05) is 0 Å². The molecule has 104 valence electrons. The largest absolute Gasteiger partial charge is 0.303 e. The molecule has 2 aromatic carbocycles. The Bertz CT molecular complexity index is 563. The maximum Gasteiger partial charge on any atom is 0.127 e. The molecule has 0 aliphatic heterocycles. The molecule has 1 N–H and O–H groups in total. The van der Waals surface area contributed by atoms with Crippen LogP contribution in [0.3, 0.4) is 0 Å². The molecule has 1 saturated carbocycles. The first-order valence-corrected chi connectivity index (χ1v) is 7.31. The number of rotatable bonds is 5. The molecule has 1 aliphatic rings. The van der Waals surface area contributed by atoms with Crippen molar-refractivity contribution >= 4 is 0 Å². The van der Waals surface area contributed by atoms with E-state index >= 15 is 0 Å². The standard InChI is InChI=1S/C18H20FN/c1-13(16-9-5-6-10-17(16)19)20-18(15-11-12-15)14-7-3-2-4-8-14/h2-10,13,15,18,20H,11-12H2,1H3/t13-,18?/m1/s1. The molecule has 0 saturated heterocycles. The van der Waals surface area contributed by atoms with E-state index in [-0.39, 0.29) is 11.9 Å². The molecule has 3 rings (SSSR count). The zero-order valence-electron chi connectivity index (χ0n) is 11.7. The summed E-state index contributed by atoms with van der Waals surface area (Å²) in [5.74, 6) is 0.557. The van der Waals surface area contributed by atoms with Crippen LogP contribution in [0.2, 0.25) is 0 Å². The molecular formula is C18H20FN. The summed E-state index contributed by atoms with van der Waals surface area (Å²) in [5, 5.41) is 3.61. The van der Waals surface area contributed by atoms with Crippen LogP contribution in [0.25, 0.3) is 0 Å². The lowest BCUT2D eigenvalue weighted by Gasteiger charge is -2.24. The first-order valence-electron chi connectivity index (χ1n) is 7.31. The molecule has 1 nitrogen and oxygen atoms in total. The molecule has 1 aliphatic carbocycles. The SMILES string of the molecule is C[C@@H](NC(c1ccccc1)C1CC1)c1ccccc1F. The molecule has 0 heterocycles. The lowest BCUT2D eigenvalue weighted by atomic mass is 9.99. The second-order valence-corrected chi connectivity index (χ2v) is 5.64. The summed E-state index contributed by atoms with van der Waals surface area (Å²) in [7, 11) is 0. The highest BCUT2D eigenvalue weighted by Gasteiger charge is 2.33. The lowest BCUT2D eigenvalue weighted by molar-refractivity contribution is 0.417. The van der Waals surface area contributed by atoms with Crippen molar-refractivity contribution in [2.24, 2.45) is 5.92 Å². The monoisotopic (exact) mass is 269 g/mol. The minimum absolute atomic E-state index is 0.0157. The predicted octanol–water partition coefficient (Wildman–Crippen LogP) is 4.63. The van der Waals surface area contributed by atoms with Gasteiger partial charge in [-0.25, -0.2) is 4.39 Å². The second kappa shape index (κ2) is 5.76. The summed E-state index contributed by atoms with van der Waals surface area (Å²) in [6.07, 6.45) is 2.52. The molecule has 0 bridgehead atoms. The highest BCUT2D eigenvalue weighted by molar-refractivity contribution is 5.24. The van der Waals surface area contributed by atoms with Crippen LogP contribution in [0.5, 0.6) is 0 Å². The first-order chi connectivity index (χ1) is 9.75. The van der Waals surface area contributed by atoms with E-state index in [0.717, 1.165) is 5.56 Å². The van der Waals surface area contributed by atoms with E-state index in [9.17, 15) is 4.39 Å². The van der Waals surface area contributed by atoms with Gasteiger partial charge < -0.3 is 5.32 Å². The number of nitrogens with one attached hydrogen (secondary N) is 1. The molecular weight excluding hydrogens is 249 g/mol. The Morgan fingerprint density at radius 1 is 1.00 bits per heavy atom. The van der Waals surface area contributed by atoms with Crippen LogP contribution in [0.1, 0.15) is 43.0 Å². The molecule has 2 aromatic rings. The Morgan fingerprint density at radius 2 is 1.65 bits per heavy atom. The molecule has 0 spiro atoms. The summed E-state index contributed by atoms with van der Waals surface area (Å²) in [5.41, 5.74) is 2.05. The highest BCUT2D eigenvalue weighted by atomic mass is 19.1. The van der Waals surface area contributed by atoms with Gasteiger partial charge >= 0.3 is 0 Å². The number of benzene rings is 2. The third-order valence-electron chi connectivity index (χ3n) is 4.05. The van der Waals surface area contributed by atoms with Gasteiger partial charge in [0.25, 0.3) is 0 Å². The summed E-state index contributed by atoms with van der Waals surface area (Å²) < 4.78 is 13.9. The van der Waals surface area contributed by atoms with E-state index in [2.05, 4.69) is 29.6 Å². The Labute approximate surface area is 119 Å². The van der Waals surface area contributed by atoms with Gasteiger partial charge in [0.2, 0.25) is 0 Å². The first kappa shape index (κ1) is 13.3. The lowest BCUT2D eigenvalue weighted by Crippen LogP contribution is -2.26. The number of hydrogen-bond donors (Lipinski definition) is 1. The van der Waals surface area contributed by atoms with Gasteiger partial charge in [0, 0.05) is 17.6 Å². The van der Waals surface area contributed by atoms with Crippen LogP contribution in [0.4, 0.5) is 4.39 Å². The summed E-state index contributed by atoms with van der Waals surface area (Å²) in [4.78, 5) is 0. The van der Waals surface area contributed by atoms with E-state index in [0.29, 0.717) is 12.0 Å².